The highest BCUT2D eigenvalue weighted by molar-refractivity contribution is 5.94. The maximum Gasteiger partial charge on any atom is 0.267 e. The Kier molecular flexibility index (Phi) is 13.6. The van der Waals surface area contributed by atoms with E-state index in [-0.39, 0.29) is 45.4 Å². The van der Waals surface area contributed by atoms with E-state index in [4.69, 9.17) is 9.47 Å². The second-order valence-electron chi connectivity index (χ2n) is 16.4. The summed E-state index contributed by atoms with van der Waals surface area (Å²) in [6.07, 6.45) is 3.20. The number of carbonyl (C=O) groups excluding carboxylic acids is 2. The zero-order valence-corrected chi connectivity index (χ0v) is 33.9. The van der Waals surface area contributed by atoms with Crippen LogP contribution in [-0.2, 0) is 31.2 Å². The van der Waals surface area contributed by atoms with Crippen LogP contribution in [0.5, 0.6) is 11.5 Å². The number of anilines is 2. The van der Waals surface area contributed by atoms with Crippen molar-refractivity contribution in [1.29, 1.82) is 0 Å². The monoisotopic (exact) mass is 704 g/mol. The fraction of sp³-hybridized carbons (Fsp3) is 0.619. The molecule has 3 rings (SSSR count). The van der Waals surface area contributed by atoms with Gasteiger partial charge in [0, 0.05) is 11.1 Å². The van der Waals surface area contributed by atoms with Crippen molar-refractivity contribution in [2.24, 2.45) is 0 Å². The van der Waals surface area contributed by atoms with Crippen molar-refractivity contribution in [3.63, 3.8) is 0 Å². The minimum atomic E-state index is -0.772. The van der Waals surface area contributed by atoms with Gasteiger partial charge in [0.15, 0.2) is 12.2 Å². The Hall–Kier alpha value is -3.88. The molecule has 1 aromatic heterocycles. The van der Waals surface area contributed by atoms with Crippen molar-refractivity contribution in [1.82, 2.24) is 15.2 Å². The minimum Gasteiger partial charge on any atom is -0.480 e. The van der Waals surface area contributed by atoms with E-state index in [2.05, 4.69) is 133 Å². The summed E-state index contributed by atoms with van der Waals surface area (Å²) < 4.78 is 12.8. The molecule has 0 fully saturated rings. The van der Waals surface area contributed by atoms with Gasteiger partial charge in [-0.1, -0.05) is 121 Å². The molecule has 0 saturated carbocycles. The Balaban J connectivity index is 1.76. The van der Waals surface area contributed by atoms with Crippen LogP contribution in [0.2, 0.25) is 0 Å². The summed E-state index contributed by atoms with van der Waals surface area (Å²) in [4.78, 5) is 31.2. The third-order valence-corrected chi connectivity index (χ3v) is 11.3. The first-order valence-corrected chi connectivity index (χ1v) is 19.0. The molecule has 0 spiro atoms. The van der Waals surface area contributed by atoms with Crippen molar-refractivity contribution in [3.8, 4) is 11.5 Å². The predicted molar refractivity (Wildman–Crippen MR) is 209 cm³/mol. The average molecular weight is 704 g/mol. The normalized spacial score (nSPS) is 13.8. The summed E-state index contributed by atoms with van der Waals surface area (Å²) in [5, 5.41) is 12.4. The number of rotatable bonds is 18. The molecule has 0 bridgehead atoms. The lowest BCUT2D eigenvalue weighted by Gasteiger charge is -2.31. The summed E-state index contributed by atoms with van der Waals surface area (Å²) in [7, 11) is 0. The standard InChI is InChI=1S/C42H65N5O4/c1-15-31(50-33-23-21-27(39(7,8)17-3)25-29(33)41(11,12)19-5)35(48)43-37-45-38(47-46-37)44-36(49)32(16-2)51-34-24-22-28(40(9,10)18-4)26-30(34)42(13,14)20-6/h21-26,31-32H,15-20H2,1-14H3,(H3,43,44,45,46,47,48,49). The van der Waals surface area contributed by atoms with Gasteiger partial charge in [0.1, 0.15) is 11.5 Å². The Morgan fingerprint density at radius 2 is 1.02 bits per heavy atom. The second-order valence-corrected chi connectivity index (χ2v) is 16.4. The highest BCUT2D eigenvalue weighted by Gasteiger charge is 2.31. The van der Waals surface area contributed by atoms with Gasteiger partial charge in [-0.2, -0.15) is 4.98 Å². The van der Waals surface area contributed by atoms with Gasteiger partial charge < -0.3 is 9.47 Å². The van der Waals surface area contributed by atoms with Crippen LogP contribution in [-0.4, -0.2) is 39.2 Å². The second kappa shape index (κ2) is 16.6. The Labute approximate surface area is 307 Å². The van der Waals surface area contributed by atoms with Gasteiger partial charge in [0.25, 0.3) is 11.8 Å². The Morgan fingerprint density at radius 1 is 0.627 bits per heavy atom. The van der Waals surface area contributed by atoms with Crippen molar-refractivity contribution in [2.45, 2.75) is 169 Å². The molecular weight excluding hydrogens is 638 g/mol. The van der Waals surface area contributed by atoms with Crippen LogP contribution in [0.3, 0.4) is 0 Å². The van der Waals surface area contributed by atoms with E-state index in [9.17, 15) is 9.59 Å². The van der Waals surface area contributed by atoms with Gasteiger partial charge in [-0.3, -0.25) is 20.2 Å². The lowest BCUT2D eigenvalue weighted by atomic mass is 9.76. The summed E-state index contributed by atoms with van der Waals surface area (Å²) in [6.45, 7) is 30.3. The minimum absolute atomic E-state index is 0.0207. The molecule has 0 aliphatic rings. The molecule has 1 heterocycles. The van der Waals surface area contributed by atoms with Crippen LogP contribution in [0.25, 0.3) is 0 Å². The van der Waals surface area contributed by atoms with Crippen LogP contribution >= 0.6 is 0 Å². The van der Waals surface area contributed by atoms with Crippen LogP contribution in [0.4, 0.5) is 11.9 Å². The lowest BCUT2D eigenvalue weighted by Crippen LogP contribution is -2.34. The Morgan fingerprint density at radius 3 is 1.39 bits per heavy atom. The molecule has 9 heteroatoms. The fourth-order valence-corrected chi connectivity index (χ4v) is 5.67. The molecule has 0 aliphatic carbocycles. The highest BCUT2D eigenvalue weighted by Crippen LogP contribution is 2.40. The molecule has 2 atom stereocenters. The van der Waals surface area contributed by atoms with Crippen molar-refractivity contribution in [2.75, 3.05) is 10.6 Å². The summed E-state index contributed by atoms with van der Waals surface area (Å²) >= 11 is 0. The number of ether oxygens (including phenoxy) is 2. The maximum absolute atomic E-state index is 13.5. The molecule has 3 N–H and O–H groups in total. The first-order valence-electron chi connectivity index (χ1n) is 19.0. The SMILES string of the molecule is CCC(Oc1ccc(C(C)(C)CC)cc1C(C)(C)CC)C(=O)Nc1n[nH]c(NC(=O)C(CC)Oc2ccc(C(C)(C)CC)cc2C(C)(C)CC)n1. The smallest absolute Gasteiger partial charge is 0.267 e. The molecule has 0 aliphatic heterocycles. The summed E-state index contributed by atoms with van der Waals surface area (Å²) in [5.74, 6) is 0.818. The van der Waals surface area contributed by atoms with E-state index in [1.54, 1.807) is 0 Å². The van der Waals surface area contributed by atoms with Gasteiger partial charge in [0.05, 0.1) is 0 Å². The molecule has 282 valence electrons. The van der Waals surface area contributed by atoms with Gasteiger partial charge >= 0.3 is 0 Å². The first kappa shape index (κ1) is 41.5. The van der Waals surface area contributed by atoms with E-state index in [0.29, 0.717) is 24.3 Å². The van der Waals surface area contributed by atoms with Crippen molar-refractivity contribution in [3.05, 3.63) is 58.7 Å². The number of hydrogen-bond acceptors (Lipinski definition) is 6. The first-order chi connectivity index (χ1) is 23.8. The van der Waals surface area contributed by atoms with E-state index in [1.165, 1.54) is 11.1 Å². The van der Waals surface area contributed by atoms with Gasteiger partial charge in [-0.05, 0) is 83.4 Å². The molecular formula is C42H65N5O4. The lowest BCUT2D eigenvalue weighted by molar-refractivity contribution is -0.123. The van der Waals surface area contributed by atoms with E-state index in [0.717, 1.165) is 36.8 Å². The molecule has 0 radical (unpaired) electrons. The maximum atomic E-state index is 13.5. The Bertz CT molecular complexity index is 1520. The molecule has 3 aromatic rings. The van der Waals surface area contributed by atoms with Gasteiger partial charge in [-0.25, -0.2) is 5.10 Å². The van der Waals surface area contributed by atoms with Crippen LogP contribution in [0, 0.1) is 0 Å². The zero-order valence-electron chi connectivity index (χ0n) is 33.9. The van der Waals surface area contributed by atoms with Crippen LogP contribution < -0.4 is 20.1 Å². The van der Waals surface area contributed by atoms with Gasteiger partial charge in [-0.15, -0.1) is 5.10 Å². The zero-order chi connectivity index (χ0) is 38.4. The average Bonchev–Trinajstić information content (AvgIpc) is 3.55. The van der Waals surface area contributed by atoms with Gasteiger partial charge in [0.2, 0.25) is 11.9 Å². The van der Waals surface area contributed by atoms with E-state index in [1.807, 2.05) is 26.0 Å². The van der Waals surface area contributed by atoms with Crippen molar-refractivity contribution >= 4 is 23.7 Å². The number of aromatic amines is 1. The number of H-pyrrole nitrogens is 1. The van der Waals surface area contributed by atoms with Crippen molar-refractivity contribution < 1.29 is 19.1 Å². The summed E-state index contributed by atoms with van der Waals surface area (Å²) in [6, 6.07) is 12.7. The summed E-state index contributed by atoms with van der Waals surface area (Å²) in [5.41, 5.74) is 4.40. The largest absolute Gasteiger partial charge is 0.480 e. The molecule has 2 unspecified atom stereocenters. The number of carbonyl (C=O) groups is 2. The number of amides is 2. The molecule has 9 nitrogen and oxygen atoms in total. The number of aromatic nitrogens is 3. The quantitative estimate of drug-likeness (QED) is 0.121. The van der Waals surface area contributed by atoms with E-state index < -0.39 is 12.2 Å². The topological polar surface area (TPSA) is 118 Å². The fourth-order valence-electron chi connectivity index (χ4n) is 5.67. The molecule has 0 saturated heterocycles. The predicted octanol–water partition coefficient (Wildman–Crippen LogP) is 10.1. The molecule has 2 amide bonds. The van der Waals surface area contributed by atoms with Crippen LogP contribution in [0.15, 0.2) is 36.4 Å². The number of nitrogens with one attached hydrogen (secondary N) is 3. The number of hydrogen-bond donors (Lipinski definition) is 3. The van der Waals surface area contributed by atoms with Crippen LogP contribution in [0.1, 0.15) is 158 Å². The highest BCUT2D eigenvalue weighted by atomic mass is 16.5. The third kappa shape index (κ3) is 9.92. The third-order valence-electron chi connectivity index (χ3n) is 11.3. The molecule has 2 aromatic carbocycles. The molecule has 51 heavy (non-hydrogen) atoms. The number of benzene rings is 2. The van der Waals surface area contributed by atoms with E-state index >= 15 is 0 Å². The number of nitrogens with zero attached hydrogens (tertiary/aromatic N) is 2.